The minimum absolute atomic E-state index is 0.0561. The SMILES string of the molecule is CC1=CC(Nc2ccc(F)c(CC3(C)CCN(Cc4cccc(Cl)c4F)CC3)n2)NN1. The maximum absolute atomic E-state index is 14.5. The summed E-state index contributed by atoms with van der Waals surface area (Å²) in [6, 6.07) is 8.25. The van der Waals surface area contributed by atoms with Crippen LogP contribution in [-0.4, -0.2) is 29.1 Å². The molecule has 31 heavy (non-hydrogen) atoms. The van der Waals surface area contributed by atoms with Crippen molar-refractivity contribution in [2.45, 2.75) is 45.8 Å². The minimum atomic E-state index is -0.343. The van der Waals surface area contributed by atoms with Crippen molar-refractivity contribution in [3.63, 3.8) is 0 Å². The summed E-state index contributed by atoms with van der Waals surface area (Å²) in [7, 11) is 0. The highest BCUT2D eigenvalue weighted by Gasteiger charge is 2.32. The molecule has 8 heteroatoms. The summed E-state index contributed by atoms with van der Waals surface area (Å²) < 4.78 is 28.7. The van der Waals surface area contributed by atoms with E-state index in [1.165, 1.54) is 6.07 Å². The Labute approximate surface area is 186 Å². The van der Waals surface area contributed by atoms with Crippen molar-refractivity contribution in [1.29, 1.82) is 0 Å². The fraction of sp³-hybridized carbons (Fsp3) is 0.435. The van der Waals surface area contributed by atoms with Crippen molar-refractivity contribution in [3.05, 3.63) is 70.0 Å². The Kier molecular flexibility index (Phi) is 6.46. The molecule has 2 aliphatic heterocycles. The van der Waals surface area contributed by atoms with Crippen LogP contribution in [0.1, 0.15) is 37.9 Å². The number of hydrogen-bond donors (Lipinski definition) is 3. The van der Waals surface area contributed by atoms with Crippen molar-refractivity contribution < 1.29 is 8.78 Å². The van der Waals surface area contributed by atoms with Gasteiger partial charge in [-0.05, 0) is 69.0 Å². The number of pyridine rings is 1. The molecule has 0 amide bonds. The first-order valence-corrected chi connectivity index (χ1v) is 11.0. The van der Waals surface area contributed by atoms with Crippen LogP contribution in [0.4, 0.5) is 14.6 Å². The first-order valence-electron chi connectivity index (χ1n) is 10.6. The number of hydrogen-bond acceptors (Lipinski definition) is 5. The standard InChI is InChI=1S/C23H28ClF2N5/c1-15-12-21(30-29-15)28-20-7-6-18(25)19(27-20)13-23(2)8-10-31(11-9-23)14-16-4-3-5-17(24)22(16)26/h3-7,12,21,29-30H,8-11,13-14H2,1-2H3,(H,27,28). The Morgan fingerprint density at radius 2 is 2.00 bits per heavy atom. The lowest BCUT2D eigenvalue weighted by molar-refractivity contribution is 0.110. The zero-order valence-corrected chi connectivity index (χ0v) is 18.6. The number of likely N-dealkylation sites (tertiary alicyclic amines) is 1. The lowest BCUT2D eigenvalue weighted by Gasteiger charge is -2.39. The van der Waals surface area contributed by atoms with Crippen LogP contribution in [-0.2, 0) is 13.0 Å². The molecule has 5 nitrogen and oxygen atoms in total. The summed E-state index contributed by atoms with van der Waals surface area (Å²) in [6.07, 6.45) is 4.27. The van der Waals surface area contributed by atoms with Gasteiger partial charge in [-0.3, -0.25) is 4.90 Å². The molecule has 3 N–H and O–H groups in total. The Morgan fingerprint density at radius 1 is 1.23 bits per heavy atom. The van der Waals surface area contributed by atoms with Crippen LogP contribution in [0.2, 0.25) is 5.02 Å². The molecule has 0 bridgehead atoms. The molecule has 0 radical (unpaired) electrons. The number of hydrazine groups is 1. The zero-order valence-electron chi connectivity index (χ0n) is 17.8. The summed E-state index contributed by atoms with van der Waals surface area (Å²) in [5.41, 5.74) is 8.17. The van der Waals surface area contributed by atoms with Crippen molar-refractivity contribution >= 4 is 17.4 Å². The predicted octanol–water partition coefficient (Wildman–Crippen LogP) is 4.61. The van der Waals surface area contributed by atoms with E-state index in [4.69, 9.17) is 11.6 Å². The van der Waals surface area contributed by atoms with Gasteiger partial charge in [0.25, 0.3) is 0 Å². The molecule has 4 rings (SSSR count). The van der Waals surface area contributed by atoms with Gasteiger partial charge in [-0.2, -0.15) is 0 Å². The van der Waals surface area contributed by atoms with Gasteiger partial charge in [-0.1, -0.05) is 30.7 Å². The van der Waals surface area contributed by atoms with Gasteiger partial charge in [0.15, 0.2) is 0 Å². The van der Waals surface area contributed by atoms with Gasteiger partial charge >= 0.3 is 0 Å². The molecule has 1 aromatic carbocycles. The van der Waals surface area contributed by atoms with E-state index in [1.807, 2.05) is 13.0 Å². The second kappa shape index (κ2) is 9.10. The molecule has 0 aliphatic carbocycles. The molecule has 166 valence electrons. The Balaban J connectivity index is 1.37. The first-order chi connectivity index (χ1) is 14.8. The van der Waals surface area contributed by atoms with Crippen LogP contribution in [0.3, 0.4) is 0 Å². The summed E-state index contributed by atoms with van der Waals surface area (Å²) >= 11 is 5.90. The highest BCUT2D eigenvalue weighted by atomic mass is 35.5. The largest absolute Gasteiger partial charge is 0.350 e. The number of aromatic nitrogens is 1. The number of anilines is 1. The van der Waals surface area contributed by atoms with E-state index in [0.29, 0.717) is 30.0 Å². The van der Waals surface area contributed by atoms with E-state index in [1.54, 1.807) is 24.3 Å². The number of nitrogens with zero attached hydrogens (tertiary/aromatic N) is 2. The normalized spacial score (nSPS) is 20.9. The summed E-state index contributed by atoms with van der Waals surface area (Å²) in [4.78, 5) is 6.78. The number of benzene rings is 1. The Bertz CT molecular complexity index is 972. The molecule has 0 saturated carbocycles. The van der Waals surface area contributed by atoms with Crippen molar-refractivity contribution in [1.82, 2.24) is 20.7 Å². The van der Waals surface area contributed by atoms with Gasteiger partial charge < -0.3 is 10.7 Å². The second-order valence-electron chi connectivity index (χ2n) is 8.84. The Morgan fingerprint density at radius 3 is 2.71 bits per heavy atom. The van der Waals surface area contributed by atoms with Crippen LogP contribution >= 0.6 is 11.6 Å². The number of halogens is 3. The molecule has 1 unspecified atom stereocenters. The lowest BCUT2D eigenvalue weighted by Crippen LogP contribution is -2.39. The van der Waals surface area contributed by atoms with Crippen molar-refractivity contribution in [3.8, 4) is 0 Å². The molecular weight excluding hydrogens is 420 g/mol. The van der Waals surface area contributed by atoms with Crippen LogP contribution in [0, 0.1) is 17.0 Å². The number of allylic oxidation sites excluding steroid dienone is 1. The van der Waals surface area contributed by atoms with E-state index < -0.39 is 0 Å². The van der Waals surface area contributed by atoms with Crippen LogP contribution in [0.15, 0.2) is 42.1 Å². The van der Waals surface area contributed by atoms with Gasteiger partial charge in [-0.25, -0.2) is 19.2 Å². The average molecular weight is 448 g/mol. The molecule has 1 fully saturated rings. The average Bonchev–Trinajstić information content (AvgIpc) is 3.14. The predicted molar refractivity (Wildman–Crippen MR) is 119 cm³/mol. The molecule has 2 aromatic rings. The molecule has 2 aliphatic rings. The second-order valence-corrected chi connectivity index (χ2v) is 9.25. The topological polar surface area (TPSA) is 52.2 Å². The highest BCUT2D eigenvalue weighted by Crippen LogP contribution is 2.35. The van der Waals surface area contributed by atoms with E-state index in [9.17, 15) is 8.78 Å². The fourth-order valence-electron chi connectivity index (χ4n) is 4.19. The third-order valence-electron chi connectivity index (χ3n) is 6.15. The van der Waals surface area contributed by atoms with Gasteiger partial charge in [0, 0.05) is 17.8 Å². The number of rotatable bonds is 6. The molecule has 0 spiro atoms. The van der Waals surface area contributed by atoms with Gasteiger partial charge in [-0.15, -0.1) is 0 Å². The fourth-order valence-corrected chi connectivity index (χ4v) is 4.39. The maximum Gasteiger partial charge on any atom is 0.146 e. The third-order valence-corrected chi connectivity index (χ3v) is 6.44. The molecule has 1 aromatic heterocycles. The molecule has 3 heterocycles. The molecular formula is C23H28ClF2N5. The first kappa shape index (κ1) is 22.0. The van der Waals surface area contributed by atoms with Gasteiger partial charge in [0.05, 0.1) is 10.7 Å². The van der Waals surface area contributed by atoms with Crippen molar-refractivity contribution in [2.24, 2.45) is 5.41 Å². The van der Waals surface area contributed by atoms with Gasteiger partial charge in [0.1, 0.15) is 23.6 Å². The summed E-state index contributed by atoms with van der Waals surface area (Å²) in [5, 5.41) is 3.41. The Hall–Kier alpha value is -2.22. The van der Waals surface area contributed by atoms with Crippen LogP contribution in [0.5, 0.6) is 0 Å². The minimum Gasteiger partial charge on any atom is -0.350 e. The summed E-state index contributed by atoms with van der Waals surface area (Å²) in [6.45, 7) is 6.32. The molecule has 1 atom stereocenters. The highest BCUT2D eigenvalue weighted by molar-refractivity contribution is 6.30. The maximum atomic E-state index is 14.5. The van der Waals surface area contributed by atoms with Gasteiger partial charge in [0.2, 0.25) is 0 Å². The smallest absolute Gasteiger partial charge is 0.146 e. The third kappa shape index (κ3) is 5.34. The summed E-state index contributed by atoms with van der Waals surface area (Å²) in [5.74, 6) is 0.0172. The van der Waals surface area contributed by atoms with E-state index in [-0.39, 0.29) is 28.2 Å². The number of nitrogens with one attached hydrogen (secondary N) is 3. The lowest BCUT2D eigenvalue weighted by atomic mass is 9.76. The molecule has 1 saturated heterocycles. The van der Waals surface area contributed by atoms with Crippen LogP contribution in [0.25, 0.3) is 0 Å². The van der Waals surface area contributed by atoms with E-state index in [0.717, 1.165) is 31.6 Å². The quantitative estimate of drug-likeness (QED) is 0.604. The van der Waals surface area contributed by atoms with E-state index in [2.05, 4.69) is 33.0 Å². The zero-order chi connectivity index (χ0) is 22.0. The van der Waals surface area contributed by atoms with E-state index >= 15 is 0 Å². The van der Waals surface area contributed by atoms with Crippen molar-refractivity contribution in [2.75, 3.05) is 18.4 Å². The number of piperidine rings is 1. The monoisotopic (exact) mass is 447 g/mol. The van der Waals surface area contributed by atoms with Crippen LogP contribution < -0.4 is 16.2 Å².